The molecule has 0 aliphatic heterocycles. The molecule has 3 heteroatoms. The topological polar surface area (TPSA) is 13.1 Å². The summed E-state index contributed by atoms with van der Waals surface area (Å²) in [5.74, 6) is 0.995. The van der Waals surface area contributed by atoms with Crippen molar-refractivity contribution in [3.05, 3.63) is 16.5 Å². The van der Waals surface area contributed by atoms with Crippen molar-refractivity contribution in [3.8, 4) is 0 Å². The fraction of sp³-hybridized carbons (Fsp3) is 0.500. The predicted octanol–water partition coefficient (Wildman–Crippen LogP) is 2.90. The Hall–Kier alpha value is -0.0231. The van der Waals surface area contributed by atoms with Crippen LogP contribution in [0.4, 0.5) is 0 Å². The van der Waals surface area contributed by atoms with Crippen molar-refractivity contribution in [2.45, 2.75) is 26.6 Å². The zero-order chi connectivity index (χ0) is 8.65. The zero-order valence-corrected chi connectivity index (χ0v) is 9.95. The van der Waals surface area contributed by atoms with E-state index in [2.05, 4.69) is 41.6 Å². The molecule has 0 aliphatic rings. The van der Waals surface area contributed by atoms with Gasteiger partial charge in [0, 0.05) is 0 Å². The highest BCUT2D eigenvalue weighted by Crippen LogP contribution is 2.16. The Kier molecular flexibility index (Phi) is 2.30. The van der Waals surface area contributed by atoms with Crippen LogP contribution in [0.2, 0.25) is 19.6 Å². The summed E-state index contributed by atoms with van der Waals surface area (Å²) < 4.78 is 6.32. The van der Waals surface area contributed by atoms with E-state index < -0.39 is 8.07 Å². The molecule has 0 aromatic carbocycles. The second-order valence-corrected chi connectivity index (χ2v) is 9.55. The summed E-state index contributed by atoms with van der Waals surface area (Å²) in [5, 5.41) is 1.37. The highest BCUT2D eigenvalue weighted by Gasteiger charge is 2.22. The molecule has 0 spiro atoms. The van der Waals surface area contributed by atoms with E-state index in [4.69, 9.17) is 4.42 Å². The second kappa shape index (κ2) is 2.79. The van der Waals surface area contributed by atoms with E-state index in [1.807, 2.05) is 6.92 Å². The smallest absolute Gasteiger partial charge is 0.168 e. The van der Waals surface area contributed by atoms with E-state index >= 15 is 0 Å². The van der Waals surface area contributed by atoms with Crippen LogP contribution in [-0.2, 0) is 0 Å². The van der Waals surface area contributed by atoms with E-state index in [1.165, 1.54) is 5.19 Å². The lowest BCUT2D eigenvalue weighted by Crippen LogP contribution is -2.37. The van der Waals surface area contributed by atoms with E-state index in [1.54, 1.807) is 0 Å². The van der Waals surface area contributed by atoms with Crippen molar-refractivity contribution < 1.29 is 4.42 Å². The Morgan fingerprint density at radius 3 is 2.09 bits per heavy atom. The van der Waals surface area contributed by atoms with Gasteiger partial charge in [-0.15, -0.1) is 0 Å². The van der Waals surface area contributed by atoms with Crippen LogP contribution in [0.25, 0.3) is 0 Å². The fourth-order valence-corrected chi connectivity index (χ4v) is 4.43. The summed E-state index contributed by atoms with van der Waals surface area (Å²) in [6, 6.07) is 2.14. The summed E-state index contributed by atoms with van der Waals surface area (Å²) in [6.45, 7) is 8.90. The van der Waals surface area contributed by atoms with Gasteiger partial charge in [0.2, 0.25) is 0 Å². The molecule has 11 heavy (non-hydrogen) atoms. The summed E-state index contributed by atoms with van der Waals surface area (Å²) >= 11 is 3.42. The minimum atomic E-state index is -1.20. The molecule has 0 bridgehead atoms. The minimum absolute atomic E-state index is 0.925. The average molecular weight is 233 g/mol. The number of hydrogen-bond donors (Lipinski definition) is 0. The summed E-state index contributed by atoms with van der Waals surface area (Å²) in [7, 11) is -1.20. The van der Waals surface area contributed by atoms with Crippen LogP contribution >= 0.6 is 15.9 Å². The van der Waals surface area contributed by atoms with Crippen LogP contribution in [0.15, 0.2) is 15.2 Å². The van der Waals surface area contributed by atoms with Crippen LogP contribution in [0.3, 0.4) is 0 Å². The minimum Gasteiger partial charge on any atom is -0.455 e. The molecular formula is C8H13BrOSi. The largest absolute Gasteiger partial charge is 0.455 e. The Morgan fingerprint density at radius 2 is 1.91 bits per heavy atom. The van der Waals surface area contributed by atoms with Crippen molar-refractivity contribution >= 4 is 29.2 Å². The standard InChI is InChI=1S/C8H13BrOSi/c1-6-5-7(8(9)10-6)11(2,3)4/h5H,1-4H3. The number of aryl methyl sites for hydroxylation is 1. The first-order valence-corrected chi connectivity index (χ1v) is 7.97. The molecule has 0 atom stereocenters. The summed E-state index contributed by atoms with van der Waals surface area (Å²) in [6.07, 6.45) is 0. The molecule has 1 rings (SSSR count). The summed E-state index contributed by atoms with van der Waals surface area (Å²) in [4.78, 5) is 0. The van der Waals surface area contributed by atoms with Crippen LogP contribution in [0.1, 0.15) is 5.76 Å². The average Bonchev–Trinajstić information content (AvgIpc) is 2.08. The molecule has 1 heterocycles. The third-order valence-electron chi connectivity index (χ3n) is 1.62. The Bertz CT molecular complexity index is 260. The maximum Gasteiger partial charge on any atom is 0.168 e. The molecule has 0 radical (unpaired) electrons. The first kappa shape index (κ1) is 9.07. The predicted molar refractivity (Wildman–Crippen MR) is 54.1 cm³/mol. The third kappa shape index (κ3) is 1.96. The number of furan rings is 1. The highest BCUT2D eigenvalue weighted by atomic mass is 79.9. The van der Waals surface area contributed by atoms with Crippen molar-refractivity contribution in [1.29, 1.82) is 0 Å². The molecule has 0 aliphatic carbocycles. The lowest BCUT2D eigenvalue weighted by atomic mass is 10.5. The Balaban J connectivity index is 3.13. The molecule has 1 aromatic heterocycles. The molecule has 0 saturated heterocycles. The maximum absolute atomic E-state index is 5.39. The van der Waals surface area contributed by atoms with Gasteiger partial charge in [-0.05, 0) is 34.1 Å². The van der Waals surface area contributed by atoms with Gasteiger partial charge in [0.25, 0.3) is 0 Å². The van der Waals surface area contributed by atoms with E-state index in [9.17, 15) is 0 Å². The molecule has 0 saturated carbocycles. The monoisotopic (exact) mass is 232 g/mol. The molecule has 0 fully saturated rings. The third-order valence-corrected chi connectivity index (χ3v) is 4.56. The van der Waals surface area contributed by atoms with E-state index in [0.717, 1.165) is 10.4 Å². The van der Waals surface area contributed by atoms with E-state index in [0.29, 0.717) is 0 Å². The van der Waals surface area contributed by atoms with Gasteiger partial charge in [0.1, 0.15) is 5.76 Å². The van der Waals surface area contributed by atoms with E-state index in [-0.39, 0.29) is 0 Å². The molecule has 0 N–H and O–H groups in total. The van der Waals surface area contributed by atoms with Crippen molar-refractivity contribution in [3.63, 3.8) is 0 Å². The summed E-state index contributed by atoms with van der Waals surface area (Å²) in [5.41, 5.74) is 0. The first-order valence-electron chi connectivity index (χ1n) is 3.67. The van der Waals surface area contributed by atoms with Gasteiger partial charge in [-0.2, -0.15) is 0 Å². The fourth-order valence-electron chi connectivity index (χ4n) is 0.997. The van der Waals surface area contributed by atoms with Gasteiger partial charge in [-0.1, -0.05) is 19.6 Å². The molecular weight excluding hydrogens is 220 g/mol. The van der Waals surface area contributed by atoms with Gasteiger partial charge >= 0.3 is 0 Å². The normalized spacial score (nSPS) is 12.1. The van der Waals surface area contributed by atoms with Gasteiger partial charge in [-0.25, -0.2) is 0 Å². The number of rotatable bonds is 1. The van der Waals surface area contributed by atoms with Gasteiger partial charge in [0.05, 0.1) is 8.07 Å². The number of hydrogen-bond acceptors (Lipinski definition) is 1. The quantitative estimate of drug-likeness (QED) is 0.680. The maximum atomic E-state index is 5.39. The van der Waals surface area contributed by atoms with Crippen molar-refractivity contribution in [1.82, 2.24) is 0 Å². The highest BCUT2D eigenvalue weighted by molar-refractivity contribution is 9.10. The first-order chi connectivity index (χ1) is 4.91. The molecule has 1 aromatic rings. The van der Waals surface area contributed by atoms with Crippen molar-refractivity contribution in [2.24, 2.45) is 0 Å². The Labute approximate surface area is 76.9 Å². The molecule has 62 valence electrons. The van der Waals surface area contributed by atoms with Crippen LogP contribution in [-0.4, -0.2) is 8.07 Å². The molecule has 0 amide bonds. The lowest BCUT2D eigenvalue weighted by molar-refractivity contribution is 0.512. The van der Waals surface area contributed by atoms with Gasteiger partial charge in [-0.3, -0.25) is 0 Å². The van der Waals surface area contributed by atoms with Crippen LogP contribution in [0.5, 0.6) is 0 Å². The second-order valence-electron chi connectivity index (χ2n) is 3.79. The number of halogens is 1. The molecule has 1 nitrogen and oxygen atoms in total. The van der Waals surface area contributed by atoms with Crippen molar-refractivity contribution in [2.75, 3.05) is 0 Å². The zero-order valence-electron chi connectivity index (χ0n) is 7.36. The Morgan fingerprint density at radius 1 is 1.36 bits per heavy atom. The van der Waals surface area contributed by atoms with Crippen LogP contribution < -0.4 is 5.19 Å². The van der Waals surface area contributed by atoms with Crippen LogP contribution in [0, 0.1) is 6.92 Å². The molecule has 0 unspecified atom stereocenters. The van der Waals surface area contributed by atoms with Gasteiger partial charge in [0.15, 0.2) is 4.67 Å². The van der Waals surface area contributed by atoms with Gasteiger partial charge < -0.3 is 4.42 Å². The lowest BCUT2D eigenvalue weighted by Gasteiger charge is -2.13. The SMILES string of the molecule is Cc1cc([Si](C)(C)C)c(Br)o1.